The third-order valence-electron chi connectivity index (χ3n) is 4.12. The lowest BCUT2D eigenvalue weighted by Gasteiger charge is -2.40. The lowest BCUT2D eigenvalue weighted by atomic mass is 9.85. The van der Waals surface area contributed by atoms with Crippen LogP contribution in [-0.2, 0) is 11.2 Å². The van der Waals surface area contributed by atoms with Gasteiger partial charge in [-0.15, -0.1) is 0 Å². The van der Waals surface area contributed by atoms with Gasteiger partial charge in [0.1, 0.15) is 5.75 Å². The van der Waals surface area contributed by atoms with E-state index in [-0.39, 0.29) is 0 Å². The van der Waals surface area contributed by atoms with Crippen LogP contribution < -0.4 is 5.32 Å². The van der Waals surface area contributed by atoms with Crippen LogP contribution in [0.15, 0.2) is 18.2 Å². The van der Waals surface area contributed by atoms with Gasteiger partial charge < -0.3 is 15.2 Å². The van der Waals surface area contributed by atoms with Crippen molar-refractivity contribution in [1.29, 1.82) is 0 Å². The molecule has 0 aromatic heterocycles. The Morgan fingerprint density at radius 2 is 2.28 bits per heavy atom. The fourth-order valence-electron chi connectivity index (χ4n) is 2.93. The van der Waals surface area contributed by atoms with Crippen LogP contribution in [-0.4, -0.2) is 24.9 Å². The second kappa shape index (κ2) is 4.56. The highest BCUT2D eigenvalue weighted by molar-refractivity contribution is 5.38. The molecular weight excluding hydrogens is 226 g/mol. The smallest absolute Gasteiger partial charge is 0.115 e. The predicted octanol–water partition coefficient (Wildman–Crippen LogP) is 2.40. The Bertz CT molecular complexity index is 440. The monoisotopic (exact) mass is 247 g/mol. The molecule has 0 radical (unpaired) electrons. The Balaban J connectivity index is 1.71. The molecule has 1 saturated heterocycles. The van der Waals surface area contributed by atoms with Crippen molar-refractivity contribution < 1.29 is 9.84 Å². The molecule has 3 heteroatoms. The summed E-state index contributed by atoms with van der Waals surface area (Å²) in [5, 5.41) is 13.2. The van der Waals surface area contributed by atoms with Gasteiger partial charge >= 0.3 is 0 Å². The van der Waals surface area contributed by atoms with Crippen LogP contribution in [0, 0.1) is 5.41 Å². The normalized spacial score (nSPS) is 25.3. The van der Waals surface area contributed by atoms with Crippen molar-refractivity contribution in [3.63, 3.8) is 0 Å². The molecule has 1 aliphatic heterocycles. The van der Waals surface area contributed by atoms with E-state index < -0.39 is 0 Å². The van der Waals surface area contributed by atoms with Crippen molar-refractivity contribution in [3.8, 4) is 5.75 Å². The number of phenolic OH excluding ortho intramolecular Hbond substituents is 1. The van der Waals surface area contributed by atoms with Crippen LogP contribution in [0.25, 0.3) is 0 Å². The molecule has 98 valence electrons. The highest BCUT2D eigenvalue weighted by Crippen LogP contribution is 2.33. The Kier molecular flexibility index (Phi) is 3.04. The SMILES string of the molecule is CC1(CNC2CCCc3cc(O)ccc32)COC1. The third-order valence-corrected chi connectivity index (χ3v) is 4.12. The van der Waals surface area contributed by atoms with Crippen molar-refractivity contribution in [1.82, 2.24) is 5.32 Å². The summed E-state index contributed by atoms with van der Waals surface area (Å²) in [5.41, 5.74) is 2.98. The number of fused-ring (bicyclic) bond motifs is 1. The zero-order valence-corrected chi connectivity index (χ0v) is 10.9. The minimum atomic E-state index is 0.314. The third kappa shape index (κ3) is 2.25. The maximum absolute atomic E-state index is 9.54. The van der Waals surface area contributed by atoms with Gasteiger partial charge in [0.25, 0.3) is 0 Å². The molecular formula is C15H21NO2. The number of aryl methyl sites for hydroxylation is 1. The molecule has 2 aliphatic rings. The molecule has 0 amide bonds. The van der Waals surface area contributed by atoms with Crippen molar-refractivity contribution >= 4 is 0 Å². The summed E-state index contributed by atoms with van der Waals surface area (Å²) in [5.74, 6) is 0.383. The van der Waals surface area contributed by atoms with Gasteiger partial charge in [0.2, 0.25) is 0 Å². The van der Waals surface area contributed by atoms with Gasteiger partial charge in [0, 0.05) is 18.0 Å². The van der Waals surface area contributed by atoms with Gasteiger partial charge in [0.15, 0.2) is 0 Å². The summed E-state index contributed by atoms with van der Waals surface area (Å²) < 4.78 is 5.29. The standard InChI is InChI=1S/C15H21NO2/c1-15(9-18-10-15)8-16-14-4-2-3-11-7-12(17)5-6-13(11)14/h5-7,14,16-17H,2-4,8-10H2,1H3. The average Bonchev–Trinajstić information content (AvgIpc) is 2.33. The number of hydrogen-bond donors (Lipinski definition) is 2. The number of hydrogen-bond acceptors (Lipinski definition) is 3. The maximum Gasteiger partial charge on any atom is 0.115 e. The minimum absolute atomic E-state index is 0.314. The molecule has 3 rings (SSSR count). The molecule has 1 aromatic rings. The first-order valence-corrected chi connectivity index (χ1v) is 6.79. The molecule has 0 spiro atoms. The number of nitrogens with one attached hydrogen (secondary N) is 1. The topological polar surface area (TPSA) is 41.5 Å². The molecule has 18 heavy (non-hydrogen) atoms. The average molecular weight is 247 g/mol. The van der Waals surface area contributed by atoms with Crippen LogP contribution in [0.1, 0.15) is 36.9 Å². The van der Waals surface area contributed by atoms with E-state index in [4.69, 9.17) is 4.74 Å². The van der Waals surface area contributed by atoms with Gasteiger partial charge in [0.05, 0.1) is 13.2 Å². The summed E-state index contributed by atoms with van der Waals surface area (Å²) >= 11 is 0. The molecule has 1 atom stereocenters. The largest absolute Gasteiger partial charge is 0.508 e. The van der Waals surface area contributed by atoms with E-state index in [0.717, 1.165) is 26.2 Å². The predicted molar refractivity (Wildman–Crippen MR) is 70.7 cm³/mol. The lowest BCUT2D eigenvalue weighted by molar-refractivity contribution is -0.100. The second-order valence-electron chi connectivity index (χ2n) is 6.01. The van der Waals surface area contributed by atoms with Crippen LogP contribution in [0.2, 0.25) is 0 Å². The van der Waals surface area contributed by atoms with Crippen LogP contribution in [0.3, 0.4) is 0 Å². The Hall–Kier alpha value is -1.06. The first-order chi connectivity index (χ1) is 8.66. The Labute approximate surface area is 108 Å². The Morgan fingerprint density at radius 3 is 3.00 bits per heavy atom. The highest BCUT2D eigenvalue weighted by atomic mass is 16.5. The number of rotatable bonds is 3. The van der Waals surface area contributed by atoms with Gasteiger partial charge in [-0.25, -0.2) is 0 Å². The second-order valence-corrected chi connectivity index (χ2v) is 6.01. The van der Waals surface area contributed by atoms with E-state index in [1.165, 1.54) is 24.0 Å². The fraction of sp³-hybridized carbons (Fsp3) is 0.600. The number of aromatic hydroxyl groups is 1. The van der Waals surface area contributed by atoms with Crippen LogP contribution in [0.4, 0.5) is 0 Å². The van der Waals surface area contributed by atoms with Crippen molar-refractivity contribution in [2.45, 2.75) is 32.2 Å². The molecule has 1 heterocycles. The Morgan fingerprint density at radius 1 is 1.44 bits per heavy atom. The van der Waals surface area contributed by atoms with Crippen molar-refractivity contribution in [2.75, 3.05) is 19.8 Å². The summed E-state index contributed by atoms with van der Waals surface area (Å²) in [6.45, 7) is 5.02. The first kappa shape index (κ1) is 12.0. The van der Waals surface area contributed by atoms with E-state index in [9.17, 15) is 5.11 Å². The number of phenols is 1. The number of ether oxygens (including phenoxy) is 1. The molecule has 1 fully saturated rings. The highest BCUT2D eigenvalue weighted by Gasteiger charge is 2.34. The van der Waals surface area contributed by atoms with Gasteiger partial charge in [-0.2, -0.15) is 0 Å². The van der Waals surface area contributed by atoms with Crippen molar-refractivity contribution in [3.05, 3.63) is 29.3 Å². The maximum atomic E-state index is 9.54. The molecule has 1 aliphatic carbocycles. The summed E-state index contributed by atoms with van der Waals surface area (Å²) in [4.78, 5) is 0. The van der Waals surface area contributed by atoms with Gasteiger partial charge in [-0.3, -0.25) is 0 Å². The van der Waals surface area contributed by atoms with Crippen LogP contribution >= 0.6 is 0 Å². The van der Waals surface area contributed by atoms with E-state index in [0.29, 0.717) is 17.2 Å². The molecule has 1 unspecified atom stereocenters. The molecule has 1 aromatic carbocycles. The summed E-state index contributed by atoms with van der Waals surface area (Å²) in [6.07, 6.45) is 3.47. The molecule has 0 saturated carbocycles. The van der Waals surface area contributed by atoms with Gasteiger partial charge in [-0.1, -0.05) is 13.0 Å². The first-order valence-electron chi connectivity index (χ1n) is 6.79. The quantitative estimate of drug-likeness (QED) is 0.861. The van der Waals surface area contributed by atoms with E-state index >= 15 is 0 Å². The van der Waals surface area contributed by atoms with Gasteiger partial charge in [-0.05, 0) is 42.5 Å². The molecule has 2 N–H and O–H groups in total. The van der Waals surface area contributed by atoms with E-state index in [1.807, 2.05) is 6.07 Å². The zero-order chi connectivity index (χ0) is 12.6. The van der Waals surface area contributed by atoms with Crippen LogP contribution in [0.5, 0.6) is 5.75 Å². The summed E-state index contributed by atoms with van der Waals surface area (Å²) in [6, 6.07) is 6.22. The minimum Gasteiger partial charge on any atom is -0.508 e. The number of benzene rings is 1. The van der Waals surface area contributed by atoms with E-state index in [1.54, 1.807) is 6.07 Å². The zero-order valence-electron chi connectivity index (χ0n) is 10.9. The lowest BCUT2D eigenvalue weighted by Crippen LogP contribution is -2.48. The molecule has 0 bridgehead atoms. The molecule has 3 nitrogen and oxygen atoms in total. The summed E-state index contributed by atoms with van der Waals surface area (Å²) in [7, 11) is 0. The van der Waals surface area contributed by atoms with E-state index in [2.05, 4.69) is 18.3 Å². The fourth-order valence-corrected chi connectivity index (χ4v) is 2.93. The van der Waals surface area contributed by atoms with Crippen molar-refractivity contribution in [2.24, 2.45) is 5.41 Å².